The van der Waals surface area contributed by atoms with E-state index in [1.807, 2.05) is 18.2 Å². The van der Waals surface area contributed by atoms with Crippen LogP contribution in [0.4, 0.5) is 0 Å². The maximum absolute atomic E-state index is 8.89. The normalized spacial score (nSPS) is 10.4. The molecule has 0 aliphatic heterocycles. The van der Waals surface area contributed by atoms with E-state index in [1.165, 1.54) is 6.26 Å². The Morgan fingerprint density at radius 2 is 2.14 bits per heavy atom. The number of hydrogen-bond acceptors (Lipinski definition) is 2. The number of benzene rings is 1. The average Bonchev–Trinajstić information content (AvgIpc) is 2.65. The van der Waals surface area contributed by atoms with Gasteiger partial charge in [0.1, 0.15) is 12.4 Å². The van der Waals surface area contributed by atoms with Crippen molar-refractivity contribution in [3.8, 4) is 11.1 Å². The Morgan fingerprint density at radius 1 is 1.29 bits per heavy atom. The van der Waals surface area contributed by atoms with Gasteiger partial charge in [0, 0.05) is 10.6 Å². The van der Waals surface area contributed by atoms with Crippen molar-refractivity contribution in [1.82, 2.24) is 0 Å². The lowest BCUT2D eigenvalue weighted by atomic mass is 10.1. The highest BCUT2D eigenvalue weighted by Crippen LogP contribution is 2.27. The van der Waals surface area contributed by atoms with Gasteiger partial charge in [-0.15, -0.1) is 0 Å². The molecular formula is C11H8ClO2. The van der Waals surface area contributed by atoms with Crippen molar-refractivity contribution in [3.05, 3.63) is 54.0 Å². The second-order valence-electron chi connectivity index (χ2n) is 2.84. The third kappa shape index (κ3) is 1.67. The minimum Gasteiger partial charge on any atom is -0.466 e. The van der Waals surface area contributed by atoms with E-state index in [-0.39, 0.29) is 0 Å². The lowest BCUT2D eigenvalue weighted by molar-refractivity contribution is 0.373. The van der Waals surface area contributed by atoms with Gasteiger partial charge in [-0.2, -0.15) is 0 Å². The third-order valence-electron chi connectivity index (χ3n) is 1.95. The van der Waals surface area contributed by atoms with Crippen molar-refractivity contribution < 1.29 is 9.52 Å². The number of hydrogen-bond donors (Lipinski definition) is 1. The molecule has 1 heterocycles. The Kier molecular flexibility index (Phi) is 2.57. The first-order valence-electron chi connectivity index (χ1n) is 4.12. The maximum atomic E-state index is 8.89. The molecule has 3 heteroatoms. The summed E-state index contributed by atoms with van der Waals surface area (Å²) >= 11 is 5.85. The summed E-state index contributed by atoms with van der Waals surface area (Å²) in [7, 11) is 0. The molecule has 0 fully saturated rings. The molecule has 0 bridgehead atoms. The van der Waals surface area contributed by atoms with Crippen LogP contribution < -0.4 is 0 Å². The molecule has 0 saturated heterocycles. The number of furan rings is 1. The van der Waals surface area contributed by atoms with Crippen LogP contribution in [0.3, 0.4) is 0 Å². The van der Waals surface area contributed by atoms with E-state index < -0.39 is 0 Å². The van der Waals surface area contributed by atoms with Crippen molar-refractivity contribution in [3.63, 3.8) is 0 Å². The van der Waals surface area contributed by atoms with E-state index >= 15 is 0 Å². The topological polar surface area (TPSA) is 33.4 Å². The second-order valence-corrected chi connectivity index (χ2v) is 3.27. The highest BCUT2D eigenvalue weighted by atomic mass is 35.5. The summed E-state index contributed by atoms with van der Waals surface area (Å²) in [6, 6.07) is 9.16. The first-order chi connectivity index (χ1) is 6.81. The predicted octanol–water partition coefficient (Wildman–Crippen LogP) is 3.48. The molecule has 0 spiro atoms. The van der Waals surface area contributed by atoms with Crippen LogP contribution in [0, 0.1) is 6.61 Å². The number of rotatable bonds is 2. The molecule has 0 amide bonds. The van der Waals surface area contributed by atoms with Crippen molar-refractivity contribution in [2.75, 3.05) is 0 Å². The predicted molar refractivity (Wildman–Crippen MR) is 54.5 cm³/mol. The van der Waals surface area contributed by atoms with Crippen LogP contribution in [0.5, 0.6) is 0 Å². The maximum Gasteiger partial charge on any atom is 0.145 e. The summed E-state index contributed by atoms with van der Waals surface area (Å²) in [5.74, 6) is 0.437. The molecule has 1 radical (unpaired) electrons. The molecular weight excluding hydrogens is 200 g/mol. The summed E-state index contributed by atoms with van der Waals surface area (Å²) in [6.07, 6.45) is 1.53. The fourth-order valence-corrected chi connectivity index (χ4v) is 1.51. The largest absolute Gasteiger partial charge is 0.466 e. The van der Waals surface area contributed by atoms with Crippen molar-refractivity contribution in [1.29, 1.82) is 0 Å². The first kappa shape index (κ1) is 9.31. The molecule has 1 aromatic carbocycles. The monoisotopic (exact) mass is 207 g/mol. The minimum absolute atomic E-state index is 0.437. The molecule has 1 N–H and O–H groups in total. The Morgan fingerprint density at radius 3 is 2.86 bits per heavy atom. The summed E-state index contributed by atoms with van der Waals surface area (Å²) in [5.41, 5.74) is 1.75. The molecule has 0 unspecified atom stereocenters. The minimum atomic E-state index is 0.437. The van der Waals surface area contributed by atoms with Crippen LogP contribution in [0.2, 0.25) is 5.02 Å². The molecule has 71 valence electrons. The molecule has 2 rings (SSSR count). The SMILES string of the molecule is O[CH]c1occc1-c1cccc(Cl)c1. The van der Waals surface area contributed by atoms with Crippen LogP contribution >= 0.6 is 11.6 Å². The van der Waals surface area contributed by atoms with E-state index in [1.54, 1.807) is 12.1 Å². The van der Waals surface area contributed by atoms with Gasteiger partial charge in [-0.3, -0.25) is 0 Å². The molecule has 0 aliphatic rings. The molecule has 0 atom stereocenters. The van der Waals surface area contributed by atoms with Crippen LogP contribution in [-0.4, -0.2) is 5.11 Å². The smallest absolute Gasteiger partial charge is 0.145 e. The van der Waals surface area contributed by atoms with E-state index in [0.717, 1.165) is 17.7 Å². The van der Waals surface area contributed by atoms with E-state index in [4.69, 9.17) is 21.1 Å². The number of halogens is 1. The van der Waals surface area contributed by atoms with Crippen molar-refractivity contribution >= 4 is 11.6 Å². The van der Waals surface area contributed by atoms with Crippen molar-refractivity contribution in [2.24, 2.45) is 0 Å². The van der Waals surface area contributed by atoms with E-state index in [9.17, 15) is 0 Å². The van der Waals surface area contributed by atoms with Gasteiger partial charge < -0.3 is 9.52 Å². The Balaban J connectivity index is 2.49. The standard InChI is InChI=1S/C11H8ClO2/c12-9-3-1-2-8(6-9)10-4-5-14-11(10)7-13/h1-7,13H. The van der Waals surface area contributed by atoms with Gasteiger partial charge in [0.2, 0.25) is 0 Å². The second kappa shape index (κ2) is 3.86. The van der Waals surface area contributed by atoms with Gasteiger partial charge in [-0.25, -0.2) is 0 Å². The van der Waals surface area contributed by atoms with Gasteiger partial charge >= 0.3 is 0 Å². The zero-order valence-corrected chi connectivity index (χ0v) is 8.03. The molecule has 0 aliphatic carbocycles. The van der Waals surface area contributed by atoms with Gasteiger partial charge in [-0.1, -0.05) is 23.7 Å². The Labute approximate surface area is 86.7 Å². The lowest BCUT2D eigenvalue weighted by Crippen LogP contribution is -1.81. The quantitative estimate of drug-likeness (QED) is 0.818. The average molecular weight is 208 g/mol. The lowest BCUT2D eigenvalue weighted by Gasteiger charge is -2.00. The van der Waals surface area contributed by atoms with Gasteiger partial charge in [0.05, 0.1) is 6.26 Å². The molecule has 1 aromatic heterocycles. The highest BCUT2D eigenvalue weighted by Gasteiger charge is 2.07. The summed E-state index contributed by atoms with van der Waals surface area (Å²) in [5, 5.41) is 9.55. The molecule has 2 aromatic rings. The zero-order valence-electron chi connectivity index (χ0n) is 7.27. The van der Waals surface area contributed by atoms with Gasteiger partial charge in [0.25, 0.3) is 0 Å². The zero-order chi connectivity index (χ0) is 9.97. The van der Waals surface area contributed by atoms with E-state index in [2.05, 4.69) is 0 Å². The summed E-state index contributed by atoms with van der Waals surface area (Å²) in [6.45, 7) is 0.941. The van der Waals surface area contributed by atoms with Crippen LogP contribution in [0.1, 0.15) is 5.76 Å². The molecule has 2 nitrogen and oxygen atoms in total. The Hall–Kier alpha value is -1.25. The van der Waals surface area contributed by atoms with Crippen LogP contribution in [0.25, 0.3) is 11.1 Å². The molecule has 0 saturated carbocycles. The van der Waals surface area contributed by atoms with Crippen LogP contribution in [0.15, 0.2) is 41.0 Å². The summed E-state index contributed by atoms with van der Waals surface area (Å²) in [4.78, 5) is 0. The first-order valence-corrected chi connectivity index (χ1v) is 4.50. The Bertz CT molecular complexity index is 434. The van der Waals surface area contributed by atoms with Crippen LogP contribution in [-0.2, 0) is 0 Å². The molecule has 14 heavy (non-hydrogen) atoms. The highest BCUT2D eigenvalue weighted by molar-refractivity contribution is 6.30. The van der Waals surface area contributed by atoms with Crippen molar-refractivity contribution in [2.45, 2.75) is 0 Å². The fourth-order valence-electron chi connectivity index (χ4n) is 1.32. The number of aliphatic hydroxyl groups is 1. The number of aliphatic hydroxyl groups excluding tert-OH is 1. The van der Waals surface area contributed by atoms with Gasteiger partial charge in [0.15, 0.2) is 0 Å². The third-order valence-corrected chi connectivity index (χ3v) is 2.18. The van der Waals surface area contributed by atoms with E-state index in [0.29, 0.717) is 10.8 Å². The fraction of sp³-hybridized carbons (Fsp3) is 0. The summed E-state index contributed by atoms with van der Waals surface area (Å²) < 4.78 is 5.06. The van der Waals surface area contributed by atoms with Gasteiger partial charge in [-0.05, 0) is 23.8 Å².